The maximum atomic E-state index is 12.3. The van der Waals surface area contributed by atoms with Gasteiger partial charge in [0, 0.05) is 31.7 Å². The standard InChI is InChI=1S/C15H27N3O2/c1-11-14(16-7-9-20-11)15(19)17-12-6-8-18(10-12)13-4-2-3-5-13/h11-14,16H,2-10H2,1H3,(H,17,19)/t11-,12?,14+/m1/s1. The van der Waals surface area contributed by atoms with Crippen molar-refractivity contribution in [3.63, 3.8) is 0 Å². The first-order chi connectivity index (χ1) is 9.74. The molecule has 20 heavy (non-hydrogen) atoms. The lowest BCUT2D eigenvalue weighted by Gasteiger charge is -2.30. The third-order valence-electron chi connectivity index (χ3n) is 5.01. The van der Waals surface area contributed by atoms with E-state index in [1.807, 2.05) is 6.92 Å². The molecule has 1 saturated carbocycles. The molecule has 0 spiro atoms. The lowest BCUT2D eigenvalue weighted by molar-refractivity contribution is -0.129. The number of nitrogens with zero attached hydrogens (tertiary/aromatic N) is 1. The second-order valence-electron chi connectivity index (χ2n) is 6.44. The van der Waals surface area contributed by atoms with Crippen molar-refractivity contribution in [1.82, 2.24) is 15.5 Å². The van der Waals surface area contributed by atoms with E-state index in [2.05, 4.69) is 15.5 Å². The van der Waals surface area contributed by atoms with Gasteiger partial charge in [-0.1, -0.05) is 12.8 Å². The molecule has 0 aromatic rings. The van der Waals surface area contributed by atoms with Crippen molar-refractivity contribution >= 4 is 5.91 Å². The fraction of sp³-hybridized carbons (Fsp3) is 0.933. The first-order valence-electron chi connectivity index (χ1n) is 8.13. The Morgan fingerprint density at radius 3 is 2.85 bits per heavy atom. The van der Waals surface area contributed by atoms with Gasteiger partial charge in [0.15, 0.2) is 0 Å². The number of carbonyl (C=O) groups is 1. The molecule has 3 aliphatic rings. The van der Waals surface area contributed by atoms with Crippen LogP contribution < -0.4 is 10.6 Å². The van der Waals surface area contributed by atoms with E-state index in [1.165, 1.54) is 25.7 Å². The monoisotopic (exact) mass is 281 g/mol. The molecule has 2 saturated heterocycles. The first-order valence-corrected chi connectivity index (χ1v) is 8.13. The molecule has 2 aliphatic heterocycles. The van der Waals surface area contributed by atoms with Gasteiger partial charge in [-0.15, -0.1) is 0 Å². The Balaban J connectivity index is 1.47. The van der Waals surface area contributed by atoms with Crippen LogP contribution in [0.3, 0.4) is 0 Å². The highest BCUT2D eigenvalue weighted by atomic mass is 16.5. The van der Waals surface area contributed by atoms with Crippen LogP contribution >= 0.6 is 0 Å². The average molecular weight is 281 g/mol. The molecule has 1 amide bonds. The van der Waals surface area contributed by atoms with E-state index in [0.717, 1.165) is 32.1 Å². The molecule has 1 aliphatic carbocycles. The molecule has 5 heteroatoms. The van der Waals surface area contributed by atoms with E-state index in [4.69, 9.17) is 4.74 Å². The number of amides is 1. The highest BCUT2D eigenvalue weighted by molar-refractivity contribution is 5.82. The molecule has 0 radical (unpaired) electrons. The van der Waals surface area contributed by atoms with Gasteiger partial charge in [-0.2, -0.15) is 0 Å². The summed E-state index contributed by atoms with van der Waals surface area (Å²) in [5.74, 6) is 0.107. The van der Waals surface area contributed by atoms with Crippen LogP contribution in [0, 0.1) is 0 Å². The van der Waals surface area contributed by atoms with Crippen LogP contribution in [-0.2, 0) is 9.53 Å². The van der Waals surface area contributed by atoms with Gasteiger partial charge in [0.1, 0.15) is 6.04 Å². The van der Waals surface area contributed by atoms with E-state index in [9.17, 15) is 4.79 Å². The van der Waals surface area contributed by atoms with Crippen LogP contribution in [0.25, 0.3) is 0 Å². The number of carbonyl (C=O) groups excluding carboxylic acids is 1. The normalized spacial score (nSPS) is 36.4. The minimum absolute atomic E-state index is 0.0314. The fourth-order valence-electron chi connectivity index (χ4n) is 3.82. The summed E-state index contributed by atoms with van der Waals surface area (Å²) in [6.07, 6.45) is 6.49. The molecule has 114 valence electrons. The van der Waals surface area contributed by atoms with Crippen molar-refractivity contribution < 1.29 is 9.53 Å². The number of hydrogen-bond donors (Lipinski definition) is 2. The summed E-state index contributed by atoms with van der Waals surface area (Å²) in [4.78, 5) is 14.9. The number of morpholine rings is 1. The molecule has 3 fully saturated rings. The largest absolute Gasteiger partial charge is 0.375 e. The molecule has 0 bridgehead atoms. The second-order valence-corrected chi connectivity index (χ2v) is 6.44. The Kier molecular flexibility index (Phi) is 4.58. The lowest BCUT2D eigenvalue weighted by Crippen LogP contribution is -2.57. The third kappa shape index (κ3) is 3.15. The maximum absolute atomic E-state index is 12.3. The Morgan fingerprint density at radius 2 is 2.10 bits per heavy atom. The predicted molar refractivity (Wildman–Crippen MR) is 77.6 cm³/mol. The quantitative estimate of drug-likeness (QED) is 0.791. The summed E-state index contributed by atoms with van der Waals surface area (Å²) in [6, 6.07) is 0.898. The molecule has 0 aromatic carbocycles. The van der Waals surface area contributed by atoms with Gasteiger partial charge in [0.25, 0.3) is 0 Å². The zero-order chi connectivity index (χ0) is 13.9. The number of rotatable bonds is 3. The number of ether oxygens (including phenoxy) is 1. The Bertz CT molecular complexity index is 344. The van der Waals surface area contributed by atoms with Crippen LogP contribution in [0.1, 0.15) is 39.0 Å². The molecular weight excluding hydrogens is 254 g/mol. The molecule has 2 heterocycles. The summed E-state index contributed by atoms with van der Waals surface area (Å²) in [6.45, 7) is 5.60. The number of hydrogen-bond acceptors (Lipinski definition) is 4. The fourth-order valence-corrected chi connectivity index (χ4v) is 3.82. The second kappa shape index (κ2) is 6.41. The van der Waals surface area contributed by atoms with Crippen molar-refractivity contribution in [3.8, 4) is 0 Å². The van der Waals surface area contributed by atoms with E-state index in [-0.39, 0.29) is 18.1 Å². The smallest absolute Gasteiger partial charge is 0.240 e. The van der Waals surface area contributed by atoms with Gasteiger partial charge in [-0.25, -0.2) is 0 Å². The summed E-state index contributed by atoms with van der Waals surface area (Å²) in [5.41, 5.74) is 0. The first kappa shape index (κ1) is 14.3. The van der Waals surface area contributed by atoms with E-state index < -0.39 is 0 Å². The van der Waals surface area contributed by atoms with Crippen LogP contribution in [0.2, 0.25) is 0 Å². The summed E-state index contributed by atoms with van der Waals surface area (Å²) in [7, 11) is 0. The Labute approximate surface area is 121 Å². The number of likely N-dealkylation sites (tertiary alicyclic amines) is 1. The summed E-state index contributed by atoms with van der Waals surface area (Å²) in [5, 5.41) is 6.47. The van der Waals surface area contributed by atoms with E-state index in [0.29, 0.717) is 12.6 Å². The topological polar surface area (TPSA) is 53.6 Å². The molecule has 0 aromatic heterocycles. The van der Waals surface area contributed by atoms with Crippen molar-refractivity contribution in [1.29, 1.82) is 0 Å². The Morgan fingerprint density at radius 1 is 1.30 bits per heavy atom. The van der Waals surface area contributed by atoms with Crippen molar-refractivity contribution in [2.24, 2.45) is 0 Å². The summed E-state index contributed by atoms with van der Waals surface area (Å²) < 4.78 is 5.54. The maximum Gasteiger partial charge on any atom is 0.240 e. The predicted octanol–water partition coefficient (Wildman–Crippen LogP) is 0.496. The molecule has 2 N–H and O–H groups in total. The van der Waals surface area contributed by atoms with Gasteiger partial charge in [0.2, 0.25) is 5.91 Å². The van der Waals surface area contributed by atoms with Crippen LogP contribution in [0.4, 0.5) is 0 Å². The van der Waals surface area contributed by atoms with E-state index in [1.54, 1.807) is 0 Å². The van der Waals surface area contributed by atoms with Gasteiger partial charge >= 0.3 is 0 Å². The van der Waals surface area contributed by atoms with Crippen LogP contribution in [0.15, 0.2) is 0 Å². The average Bonchev–Trinajstić information content (AvgIpc) is 3.09. The van der Waals surface area contributed by atoms with Crippen molar-refractivity contribution in [2.45, 2.75) is 63.3 Å². The van der Waals surface area contributed by atoms with Crippen molar-refractivity contribution in [3.05, 3.63) is 0 Å². The van der Waals surface area contributed by atoms with Crippen LogP contribution in [-0.4, -0.2) is 61.3 Å². The van der Waals surface area contributed by atoms with Crippen LogP contribution in [0.5, 0.6) is 0 Å². The zero-order valence-electron chi connectivity index (χ0n) is 12.4. The highest BCUT2D eigenvalue weighted by Crippen LogP contribution is 2.26. The minimum atomic E-state index is -0.190. The number of nitrogens with one attached hydrogen (secondary N) is 2. The van der Waals surface area contributed by atoms with Gasteiger partial charge < -0.3 is 15.4 Å². The SMILES string of the molecule is C[C@H]1OCCN[C@@H]1C(=O)NC1CCN(C2CCCC2)C1. The molecule has 1 unspecified atom stereocenters. The lowest BCUT2D eigenvalue weighted by atomic mass is 10.1. The van der Waals surface area contributed by atoms with Crippen molar-refractivity contribution in [2.75, 3.05) is 26.2 Å². The third-order valence-corrected chi connectivity index (χ3v) is 5.01. The minimum Gasteiger partial charge on any atom is -0.375 e. The highest BCUT2D eigenvalue weighted by Gasteiger charge is 2.33. The summed E-state index contributed by atoms with van der Waals surface area (Å²) >= 11 is 0. The Hall–Kier alpha value is -0.650. The van der Waals surface area contributed by atoms with Gasteiger partial charge in [0.05, 0.1) is 12.7 Å². The molecule has 5 nitrogen and oxygen atoms in total. The van der Waals surface area contributed by atoms with Gasteiger partial charge in [-0.3, -0.25) is 9.69 Å². The van der Waals surface area contributed by atoms with Gasteiger partial charge in [-0.05, 0) is 26.2 Å². The molecule has 3 rings (SSSR count). The molecular formula is C15H27N3O2. The zero-order valence-corrected chi connectivity index (χ0v) is 12.4. The van der Waals surface area contributed by atoms with E-state index >= 15 is 0 Å². The molecule has 3 atom stereocenters.